The highest BCUT2D eigenvalue weighted by Gasteiger charge is 2.48. The highest BCUT2D eigenvalue weighted by molar-refractivity contribution is 5.57. The molecule has 4 heterocycles. The van der Waals surface area contributed by atoms with Crippen LogP contribution >= 0.6 is 0 Å². The van der Waals surface area contributed by atoms with Crippen molar-refractivity contribution in [1.29, 1.82) is 5.26 Å². The van der Waals surface area contributed by atoms with Gasteiger partial charge in [-0.2, -0.15) is 10.2 Å². The quantitative estimate of drug-likeness (QED) is 0.841. The van der Waals surface area contributed by atoms with Gasteiger partial charge < -0.3 is 15.1 Å². The molecule has 0 radical (unpaired) electrons. The average Bonchev–Trinajstić information content (AvgIpc) is 2.68. The number of aryl methyl sites for hydroxylation is 1. The van der Waals surface area contributed by atoms with Gasteiger partial charge in [0.1, 0.15) is 5.82 Å². The molecule has 28 heavy (non-hydrogen) atoms. The van der Waals surface area contributed by atoms with Crippen LogP contribution in [0.15, 0.2) is 30.7 Å². The predicted octanol–water partition coefficient (Wildman–Crippen LogP) is 1.64. The minimum absolute atomic E-state index is 0.0651. The van der Waals surface area contributed by atoms with Crippen molar-refractivity contribution in [3.8, 4) is 6.07 Å². The van der Waals surface area contributed by atoms with Gasteiger partial charge in [-0.25, -0.2) is 4.98 Å². The van der Waals surface area contributed by atoms with Gasteiger partial charge in [0.05, 0.1) is 29.9 Å². The van der Waals surface area contributed by atoms with E-state index in [1.165, 1.54) is 0 Å². The van der Waals surface area contributed by atoms with Gasteiger partial charge in [0.2, 0.25) is 5.95 Å². The molecular formula is C20H26N8. The predicted molar refractivity (Wildman–Crippen MR) is 109 cm³/mol. The van der Waals surface area contributed by atoms with E-state index < -0.39 is 0 Å². The Labute approximate surface area is 165 Å². The summed E-state index contributed by atoms with van der Waals surface area (Å²) < 4.78 is 0. The minimum Gasteiger partial charge on any atom is -0.352 e. The first-order valence-corrected chi connectivity index (χ1v) is 9.66. The summed E-state index contributed by atoms with van der Waals surface area (Å²) >= 11 is 0. The third-order valence-corrected chi connectivity index (χ3v) is 5.71. The number of pyridine rings is 1. The van der Waals surface area contributed by atoms with Crippen molar-refractivity contribution in [3.63, 3.8) is 0 Å². The number of aromatic nitrogens is 3. The molecule has 0 spiro atoms. The lowest BCUT2D eigenvalue weighted by Crippen LogP contribution is -2.72. The Morgan fingerprint density at radius 2 is 2.00 bits per heavy atom. The lowest BCUT2D eigenvalue weighted by molar-refractivity contribution is 0.0218. The maximum atomic E-state index is 9.42. The number of nitrogens with zero attached hydrogens (tertiary/aromatic N) is 7. The van der Waals surface area contributed by atoms with Crippen molar-refractivity contribution in [2.24, 2.45) is 0 Å². The summed E-state index contributed by atoms with van der Waals surface area (Å²) in [7, 11) is 2.16. The second-order valence-electron chi connectivity index (χ2n) is 7.77. The van der Waals surface area contributed by atoms with Gasteiger partial charge in [0.25, 0.3) is 0 Å². The number of nitrogens with one attached hydrogen (secondary N) is 1. The van der Waals surface area contributed by atoms with E-state index >= 15 is 0 Å². The molecule has 2 aliphatic rings. The molecular weight excluding hydrogens is 352 g/mol. The van der Waals surface area contributed by atoms with Crippen LogP contribution in [0.1, 0.15) is 12.0 Å². The molecule has 1 N–H and O–H groups in total. The third kappa shape index (κ3) is 3.63. The Bertz CT molecular complexity index is 848. The Balaban J connectivity index is 1.49. The highest BCUT2D eigenvalue weighted by atomic mass is 15.4. The zero-order chi connectivity index (χ0) is 19.6. The summed E-state index contributed by atoms with van der Waals surface area (Å²) in [5.41, 5.74) is 1.84. The van der Waals surface area contributed by atoms with Crippen LogP contribution in [0.5, 0.6) is 0 Å². The summed E-state index contributed by atoms with van der Waals surface area (Å²) in [6.07, 6.45) is 5.89. The van der Waals surface area contributed by atoms with E-state index in [1.54, 1.807) is 12.4 Å². The van der Waals surface area contributed by atoms with E-state index in [1.807, 2.05) is 25.3 Å². The van der Waals surface area contributed by atoms with Crippen LogP contribution in [0.4, 0.5) is 17.5 Å². The third-order valence-electron chi connectivity index (χ3n) is 5.71. The zero-order valence-corrected chi connectivity index (χ0v) is 16.5. The van der Waals surface area contributed by atoms with Crippen molar-refractivity contribution in [2.75, 3.05) is 56.5 Å². The van der Waals surface area contributed by atoms with Gasteiger partial charge in [-0.3, -0.25) is 9.88 Å². The normalized spacial score (nSPS) is 19.7. The Morgan fingerprint density at radius 3 is 2.68 bits per heavy atom. The van der Waals surface area contributed by atoms with Crippen LogP contribution in [-0.4, -0.2) is 76.6 Å². The molecule has 2 fully saturated rings. The molecule has 8 heteroatoms. The molecule has 4 rings (SSSR count). The summed E-state index contributed by atoms with van der Waals surface area (Å²) in [6, 6.07) is 6.23. The molecule has 0 unspecified atom stereocenters. The SMILES string of the molecule is Cc1cnc(Nc2cccnc2)nc1N1CC(CC#N)(N2CCN(C)CC2)C1. The number of piperazine rings is 1. The van der Waals surface area contributed by atoms with Gasteiger partial charge >= 0.3 is 0 Å². The van der Waals surface area contributed by atoms with Crippen molar-refractivity contribution in [3.05, 3.63) is 36.3 Å². The molecule has 2 aromatic rings. The Morgan fingerprint density at radius 1 is 1.21 bits per heavy atom. The minimum atomic E-state index is -0.0651. The number of nitriles is 1. The molecule has 0 atom stereocenters. The first-order chi connectivity index (χ1) is 13.6. The molecule has 8 nitrogen and oxygen atoms in total. The van der Waals surface area contributed by atoms with E-state index in [0.717, 1.165) is 56.3 Å². The van der Waals surface area contributed by atoms with Gasteiger partial charge in [0, 0.05) is 57.2 Å². The van der Waals surface area contributed by atoms with Crippen LogP contribution in [0, 0.1) is 18.3 Å². The van der Waals surface area contributed by atoms with Gasteiger partial charge in [-0.15, -0.1) is 0 Å². The van der Waals surface area contributed by atoms with Crippen LogP contribution in [0.25, 0.3) is 0 Å². The number of anilines is 3. The highest BCUT2D eigenvalue weighted by Crippen LogP contribution is 2.36. The standard InChI is InChI=1S/C20H26N8/c1-16-12-23-19(24-17-4-3-7-22-13-17)25-18(16)27-14-20(15-27,5-6-21)28-10-8-26(2)9-11-28/h3-4,7,12-13H,5,8-11,14-15H2,1-2H3,(H,23,24,25). The molecule has 0 amide bonds. The zero-order valence-electron chi connectivity index (χ0n) is 16.5. The first-order valence-electron chi connectivity index (χ1n) is 9.66. The summed E-state index contributed by atoms with van der Waals surface area (Å²) in [4.78, 5) is 20.4. The van der Waals surface area contributed by atoms with Crippen molar-refractivity contribution in [1.82, 2.24) is 24.8 Å². The van der Waals surface area contributed by atoms with Crippen LogP contribution in [-0.2, 0) is 0 Å². The smallest absolute Gasteiger partial charge is 0.229 e. The van der Waals surface area contributed by atoms with Crippen molar-refractivity contribution >= 4 is 17.5 Å². The van der Waals surface area contributed by atoms with Crippen LogP contribution < -0.4 is 10.2 Å². The van der Waals surface area contributed by atoms with E-state index in [9.17, 15) is 5.26 Å². The van der Waals surface area contributed by atoms with E-state index in [4.69, 9.17) is 4.98 Å². The molecule has 2 aliphatic heterocycles. The maximum absolute atomic E-state index is 9.42. The largest absolute Gasteiger partial charge is 0.352 e. The summed E-state index contributed by atoms with van der Waals surface area (Å²) in [6.45, 7) is 7.83. The first kappa shape index (κ1) is 18.6. The fourth-order valence-electron chi connectivity index (χ4n) is 4.04. The van der Waals surface area contributed by atoms with Crippen molar-refractivity contribution in [2.45, 2.75) is 18.9 Å². The van der Waals surface area contributed by atoms with E-state index in [2.05, 4.69) is 43.1 Å². The number of rotatable bonds is 5. The maximum Gasteiger partial charge on any atom is 0.229 e. The molecule has 2 saturated heterocycles. The van der Waals surface area contributed by atoms with Gasteiger partial charge in [-0.1, -0.05) is 0 Å². The lowest BCUT2D eigenvalue weighted by atomic mass is 9.84. The average molecular weight is 378 g/mol. The Kier molecular flexibility index (Phi) is 5.11. The van der Waals surface area contributed by atoms with Crippen molar-refractivity contribution < 1.29 is 0 Å². The summed E-state index contributed by atoms with van der Waals surface area (Å²) in [5, 5.41) is 12.6. The topological polar surface area (TPSA) is 84.2 Å². The number of hydrogen-bond donors (Lipinski definition) is 1. The molecule has 0 saturated carbocycles. The second kappa shape index (κ2) is 7.70. The lowest BCUT2D eigenvalue weighted by Gasteiger charge is -2.57. The molecule has 0 bridgehead atoms. The molecule has 146 valence electrons. The van der Waals surface area contributed by atoms with E-state index in [0.29, 0.717) is 12.4 Å². The fraction of sp³-hybridized carbons (Fsp3) is 0.500. The number of hydrogen-bond acceptors (Lipinski definition) is 8. The molecule has 0 aromatic carbocycles. The Hall–Kier alpha value is -2.76. The monoisotopic (exact) mass is 378 g/mol. The second-order valence-corrected chi connectivity index (χ2v) is 7.77. The van der Waals surface area contributed by atoms with E-state index in [-0.39, 0.29) is 5.54 Å². The van der Waals surface area contributed by atoms with Gasteiger partial charge in [-0.05, 0) is 26.1 Å². The van der Waals surface area contributed by atoms with Crippen LogP contribution in [0.3, 0.4) is 0 Å². The summed E-state index contributed by atoms with van der Waals surface area (Å²) in [5.74, 6) is 1.50. The molecule has 2 aromatic heterocycles. The number of likely N-dealkylation sites (N-methyl/N-ethyl adjacent to an activating group) is 1. The molecule has 0 aliphatic carbocycles. The van der Waals surface area contributed by atoms with Crippen LogP contribution in [0.2, 0.25) is 0 Å². The van der Waals surface area contributed by atoms with Gasteiger partial charge in [0.15, 0.2) is 0 Å². The fourth-order valence-corrected chi connectivity index (χ4v) is 4.04.